The van der Waals surface area contributed by atoms with Crippen LogP contribution in [0, 0.1) is 0 Å². The van der Waals surface area contributed by atoms with Crippen LogP contribution in [0.15, 0.2) is 42.5 Å². The Kier molecular flexibility index (Phi) is 8.59. The Labute approximate surface area is 204 Å². The maximum Gasteiger partial charge on any atom is 0.251 e. The van der Waals surface area contributed by atoms with Crippen LogP contribution in [-0.4, -0.2) is 75.3 Å². The van der Waals surface area contributed by atoms with Crippen molar-refractivity contribution in [3.05, 3.63) is 64.7 Å². The molecule has 34 heavy (non-hydrogen) atoms. The number of fused-ring (bicyclic) bond motifs is 1. The van der Waals surface area contributed by atoms with Gasteiger partial charge in [0.2, 0.25) is 0 Å². The predicted octanol–water partition coefficient (Wildman–Crippen LogP) is 3.53. The normalized spacial score (nSPS) is 19.9. The molecular formula is C28H39N3O3. The molecule has 1 saturated heterocycles. The molecule has 1 amide bonds. The van der Waals surface area contributed by atoms with E-state index in [2.05, 4.69) is 54.5 Å². The molecular weight excluding hydrogens is 426 g/mol. The number of hydrogen-bond donors (Lipinski definition) is 1. The maximum atomic E-state index is 12.8. The zero-order valence-corrected chi connectivity index (χ0v) is 20.9. The van der Waals surface area contributed by atoms with Gasteiger partial charge in [0.1, 0.15) is 12.4 Å². The van der Waals surface area contributed by atoms with Gasteiger partial charge in [0.25, 0.3) is 5.91 Å². The van der Waals surface area contributed by atoms with E-state index in [9.17, 15) is 4.79 Å². The minimum atomic E-state index is -0.0155. The van der Waals surface area contributed by atoms with Crippen LogP contribution in [0.1, 0.15) is 46.3 Å². The summed E-state index contributed by atoms with van der Waals surface area (Å²) >= 11 is 0. The smallest absolute Gasteiger partial charge is 0.251 e. The molecule has 184 valence electrons. The van der Waals surface area contributed by atoms with E-state index in [1.54, 1.807) is 0 Å². The zero-order valence-electron chi connectivity index (χ0n) is 20.9. The molecule has 0 aromatic heterocycles. The number of rotatable bonds is 10. The number of nitrogens with one attached hydrogen (secondary N) is 1. The molecule has 6 heteroatoms. The van der Waals surface area contributed by atoms with E-state index in [1.165, 1.54) is 16.7 Å². The summed E-state index contributed by atoms with van der Waals surface area (Å²) in [6.45, 7) is 4.48. The van der Waals surface area contributed by atoms with Crippen LogP contribution >= 0.6 is 0 Å². The number of aryl methyl sites for hydroxylation is 1. The number of amides is 1. The Balaban J connectivity index is 1.26. The first-order valence-corrected chi connectivity index (χ1v) is 12.6. The third-order valence-corrected chi connectivity index (χ3v) is 6.79. The largest absolute Gasteiger partial charge is 0.491 e. The fourth-order valence-electron chi connectivity index (χ4n) is 4.73. The number of likely N-dealkylation sites (N-methyl/N-ethyl adjacent to an activating group) is 2. The monoisotopic (exact) mass is 465 g/mol. The van der Waals surface area contributed by atoms with E-state index in [1.807, 2.05) is 24.3 Å². The quantitative estimate of drug-likeness (QED) is 0.582. The van der Waals surface area contributed by atoms with Gasteiger partial charge in [0, 0.05) is 37.8 Å². The number of hydrogen-bond acceptors (Lipinski definition) is 5. The standard InChI is InChI=1S/C28H39N3O3/c1-30(2)14-15-31(3)19-21-6-7-24-18-25(11-8-23(24)17-21)29-28(32)22-9-12-26(13-10-22)34-20-27-5-4-16-33-27/h6-7,9-10,12-13,17,25,27H,4-5,8,11,14-16,18-20H2,1-3H3,(H,29,32)/t25-,27-/m0/s1. The first kappa shape index (κ1) is 24.7. The van der Waals surface area contributed by atoms with Crippen LogP contribution < -0.4 is 10.1 Å². The lowest BCUT2D eigenvalue weighted by Crippen LogP contribution is -2.38. The lowest BCUT2D eigenvalue weighted by molar-refractivity contribution is 0.0679. The molecule has 0 saturated carbocycles. The molecule has 2 aliphatic rings. The molecule has 2 atom stereocenters. The van der Waals surface area contributed by atoms with Gasteiger partial charge in [-0.25, -0.2) is 0 Å². The Hall–Kier alpha value is -2.41. The molecule has 0 spiro atoms. The maximum absolute atomic E-state index is 12.8. The molecule has 0 bridgehead atoms. The number of benzene rings is 2. The number of carbonyl (C=O) groups is 1. The second-order valence-corrected chi connectivity index (χ2v) is 10.0. The van der Waals surface area contributed by atoms with E-state index in [-0.39, 0.29) is 18.1 Å². The van der Waals surface area contributed by atoms with E-state index < -0.39 is 0 Å². The molecule has 1 aliphatic heterocycles. The van der Waals surface area contributed by atoms with Crippen molar-refractivity contribution in [1.29, 1.82) is 0 Å². The topological polar surface area (TPSA) is 54.0 Å². The van der Waals surface area contributed by atoms with Crippen molar-refractivity contribution >= 4 is 5.91 Å². The second-order valence-electron chi connectivity index (χ2n) is 10.0. The molecule has 6 nitrogen and oxygen atoms in total. The van der Waals surface area contributed by atoms with Crippen molar-refractivity contribution in [3.8, 4) is 5.75 Å². The van der Waals surface area contributed by atoms with Gasteiger partial charge in [-0.15, -0.1) is 0 Å². The zero-order chi connectivity index (χ0) is 23.9. The molecule has 2 aromatic carbocycles. The summed E-state index contributed by atoms with van der Waals surface area (Å²) in [7, 11) is 6.40. The average Bonchev–Trinajstić information content (AvgIpc) is 3.35. The highest BCUT2D eigenvalue weighted by Gasteiger charge is 2.21. The van der Waals surface area contributed by atoms with Crippen LogP contribution in [0.4, 0.5) is 0 Å². The lowest BCUT2D eigenvalue weighted by atomic mass is 9.87. The number of ether oxygens (including phenoxy) is 2. The minimum Gasteiger partial charge on any atom is -0.491 e. The van der Waals surface area contributed by atoms with Crippen LogP contribution in [0.2, 0.25) is 0 Å². The van der Waals surface area contributed by atoms with Gasteiger partial charge < -0.3 is 24.6 Å². The first-order valence-electron chi connectivity index (χ1n) is 12.6. The van der Waals surface area contributed by atoms with Gasteiger partial charge in [0.05, 0.1) is 6.10 Å². The molecule has 0 unspecified atom stereocenters. The van der Waals surface area contributed by atoms with Crippen molar-refractivity contribution in [2.24, 2.45) is 0 Å². The molecule has 1 N–H and O–H groups in total. The van der Waals surface area contributed by atoms with E-state index in [4.69, 9.17) is 9.47 Å². The van der Waals surface area contributed by atoms with Crippen LogP contribution in [0.25, 0.3) is 0 Å². The number of carbonyl (C=O) groups excluding carboxylic acids is 1. The van der Waals surface area contributed by atoms with Crippen LogP contribution in [0.3, 0.4) is 0 Å². The van der Waals surface area contributed by atoms with Crippen LogP contribution in [0.5, 0.6) is 5.75 Å². The number of nitrogens with zero attached hydrogens (tertiary/aromatic N) is 2. The Morgan fingerprint density at radius 2 is 1.88 bits per heavy atom. The highest BCUT2D eigenvalue weighted by atomic mass is 16.5. The van der Waals surface area contributed by atoms with Gasteiger partial charge in [-0.05, 0) is 94.2 Å². The van der Waals surface area contributed by atoms with Crippen molar-refractivity contribution in [2.45, 2.75) is 50.8 Å². The fraction of sp³-hybridized carbons (Fsp3) is 0.536. The summed E-state index contributed by atoms with van der Waals surface area (Å²) in [6.07, 6.45) is 5.22. The third-order valence-electron chi connectivity index (χ3n) is 6.79. The average molecular weight is 466 g/mol. The Bertz CT molecular complexity index is 938. The molecule has 1 aliphatic carbocycles. The highest BCUT2D eigenvalue weighted by Crippen LogP contribution is 2.24. The van der Waals surface area contributed by atoms with E-state index in [0.717, 1.165) is 64.1 Å². The van der Waals surface area contributed by atoms with Gasteiger partial charge >= 0.3 is 0 Å². The first-order chi connectivity index (χ1) is 16.5. The summed E-state index contributed by atoms with van der Waals surface area (Å²) in [5, 5.41) is 3.23. The van der Waals surface area contributed by atoms with Crippen molar-refractivity contribution < 1.29 is 14.3 Å². The Morgan fingerprint density at radius 1 is 1.06 bits per heavy atom. The van der Waals surface area contributed by atoms with E-state index in [0.29, 0.717) is 12.2 Å². The minimum absolute atomic E-state index is 0.0155. The Morgan fingerprint density at radius 3 is 2.62 bits per heavy atom. The van der Waals surface area contributed by atoms with Gasteiger partial charge in [-0.1, -0.05) is 18.2 Å². The summed E-state index contributed by atoms with van der Waals surface area (Å²) < 4.78 is 11.4. The molecule has 4 rings (SSSR count). The fourth-order valence-corrected chi connectivity index (χ4v) is 4.73. The van der Waals surface area contributed by atoms with Crippen molar-refractivity contribution in [3.63, 3.8) is 0 Å². The van der Waals surface area contributed by atoms with Crippen molar-refractivity contribution in [1.82, 2.24) is 15.1 Å². The third kappa shape index (κ3) is 7.05. The molecule has 1 heterocycles. The summed E-state index contributed by atoms with van der Waals surface area (Å²) in [5.74, 6) is 0.764. The van der Waals surface area contributed by atoms with Crippen molar-refractivity contribution in [2.75, 3.05) is 47.4 Å². The molecule has 2 aromatic rings. The van der Waals surface area contributed by atoms with E-state index >= 15 is 0 Å². The highest BCUT2D eigenvalue weighted by molar-refractivity contribution is 5.94. The summed E-state index contributed by atoms with van der Waals surface area (Å²) in [6, 6.07) is 14.5. The molecule has 0 radical (unpaired) electrons. The SMILES string of the molecule is CN(C)CCN(C)Cc1ccc2c(c1)CC[C@H](NC(=O)c1ccc(OC[C@@H]3CCCO3)cc1)C2. The van der Waals surface area contributed by atoms with Gasteiger partial charge in [-0.3, -0.25) is 4.79 Å². The lowest BCUT2D eigenvalue weighted by Gasteiger charge is -2.27. The summed E-state index contributed by atoms with van der Waals surface area (Å²) in [5.41, 5.74) is 4.82. The van der Waals surface area contributed by atoms with Crippen LogP contribution in [-0.2, 0) is 24.1 Å². The van der Waals surface area contributed by atoms with Gasteiger partial charge in [-0.2, -0.15) is 0 Å². The summed E-state index contributed by atoms with van der Waals surface area (Å²) in [4.78, 5) is 17.4. The predicted molar refractivity (Wildman–Crippen MR) is 136 cm³/mol. The second kappa shape index (κ2) is 11.8. The molecule has 1 fully saturated rings. The van der Waals surface area contributed by atoms with Gasteiger partial charge in [0.15, 0.2) is 0 Å².